The van der Waals surface area contributed by atoms with E-state index in [1.54, 1.807) is 25.1 Å². The molecule has 1 aromatic heterocycles. The average Bonchev–Trinajstić information content (AvgIpc) is 3.26. The topological polar surface area (TPSA) is 438 Å². The number of nitrogens with one attached hydrogen (secondary N) is 8. The highest BCUT2D eigenvalue weighted by Gasteiger charge is 2.34. The predicted molar refractivity (Wildman–Crippen MR) is 247 cm³/mol. The molecule has 0 saturated heterocycles. The van der Waals surface area contributed by atoms with Gasteiger partial charge >= 0.3 is 29.5 Å². The summed E-state index contributed by atoms with van der Waals surface area (Å²) in [6.07, 6.45) is -0.830. The van der Waals surface area contributed by atoms with Gasteiger partial charge in [-0.05, 0) is 70.6 Å². The largest absolute Gasteiger partial charge is 0.481 e. The summed E-state index contributed by atoms with van der Waals surface area (Å²) in [6.45, 7) is 5.66. The number of aliphatic carboxylic acids is 4. The molecule has 0 fully saturated rings. The van der Waals surface area contributed by atoms with Crippen LogP contribution in [0.15, 0.2) is 27.4 Å². The van der Waals surface area contributed by atoms with E-state index in [0.717, 1.165) is 20.8 Å². The van der Waals surface area contributed by atoms with Gasteiger partial charge in [-0.1, -0.05) is 6.42 Å². The minimum Gasteiger partial charge on any atom is -0.481 e. The van der Waals surface area contributed by atoms with E-state index >= 15 is 0 Å². The van der Waals surface area contributed by atoms with Crippen LogP contribution in [0.1, 0.15) is 96.1 Å². The van der Waals surface area contributed by atoms with Crippen molar-refractivity contribution >= 4 is 87.8 Å². The number of aryl methyl sites for hydroxylation is 1. The lowest BCUT2D eigenvalue weighted by atomic mass is 10.0. The van der Waals surface area contributed by atoms with Crippen LogP contribution in [0, 0.1) is 6.92 Å². The summed E-state index contributed by atoms with van der Waals surface area (Å²) in [7, 11) is 0. The second kappa shape index (κ2) is 29.0. The Morgan fingerprint density at radius 2 is 1.14 bits per heavy atom. The number of carboxylic acids is 4. The molecule has 1 aromatic carbocycles. The van der Waals surface area contributed by atoms with Crippen LogP contribution in [0.4, 0.5) is 5.69 Å². The molecule has 2 aromatic rings. The number of rotatable bonds is 31. The second-order valence-corrected chi connectivity index (χ2v) is 16.5. The van der Waals surface area contributed by atoms with Crippen molar-refractivity contribution in [2.45, 2.75) is 135 Å². The Kier molecular flexibility index (Phi) is 24.1. The molecule has 27 nitrogen and oxygen atoms in total. The highest BCUT2D eigenvalue weighted by atomic mass is 16.4. The smallest absolute Gasteiger partial charge is 0.340 e. The first kappa shape index (κ1) is 59.0. The van der Waals surface area contributed by atoms with Gasteiger partial charge < -0.3 is 73.1 Å². The molecule has 0 bridgehead atoms. The lowest BCUT2D eigenvalue weighted by Crippen LogP contribution is -2.59. The van der Waals surface area contributed by atoms with E-state index in [1.807, 2.05) is 16.0 Å². The summed E-state index contributed by atoms with van der Waals surface area (Å²) in [5, 5.41) is 56.1. The SMILES string of the molecule is CC(=O)N[C@@H](CCCCNC(=O)CCCCCNC(=O)Cc1c(C)c2ccc(N)cc2oc1=O)C(=O)N[C@@H](C)C(=O)N[C@@H](CC(=O)O)C(=O)N[C@@H](CC(=O)O)C(=O)N[C@@H](CC(=O)N[C@@H](C)C(=O)O)C(=O)O. The Balaban J connectivity index is 1.85. The van der Waals surface area contributed by atoms with Gasteiger partial charge in [0.15, 0.2) is 0 Å². The Hall–Kier alpha value is -8.13. The molecule has 0 unspecified atom stereocenters. The van der Waals surface area contributed by atoms with Gasteiger partial charge in [-0.15, -0.1) is 0 Å². The van der Waals surface area contributed by atoms with Gasteiger partial charge in [0.25, 0.3) is 0 Å². The van der Waals surface area contributed by atoms with Crippen molar-refractivity contribution in [1.29, 1.82) is 0 Å². The normalized spacial score (nSPS) is 13.4. The van der Waals surface area contributed by atoms with E-state index in [-0.39, 0.29) is 43.2 Å². The molecule has 0 aliphatic rings. The van der Waals surface area contributed by atoms with Gasteiger partial charge in [-0.25, -0.2) is 9.59 Å². The highest BCUT2D eigenvalue weighted by molar-refractivity contribution is 5.98. The van der Waals surface area contributed by atoms with Crippen molar-refractivity contribution in [3.63, 3.8) is 0 Å². The lowest BCUT2D eigenvalue weighted by Gasteiger charge is -2.25. The van der Waals surface area contributed by atoms with E-state index in [0.29, 0.717) is 60.9 Å². The molecular formula is C44H61N9O18. The van der Waals surface area contributed by atoms with Crippen molar-refractivity contribution in [3.8, 4) is 0 Å². The maximum atomic E-state index is 13.2. The van der Waals surface area contributed by atoms with Crippen molar-refractivity contribution in [1.82, 2.24) is 42.5 Å². The third-order valence-electron chi connectivity index (χ3n) is 10.5. The van der Waals surface area contributed by atoms with Gasteiger partial charge in [0.1, 0.15) is 41.8 Å². The van der Waals surface area contributed by atoms with Crippen molar-refractivity contribution in [3.05, 3.63) is 39.7 Å². The molecule has 14 N–H and O–H groups in total. The third-order valence-corrected chi connectivity index (χ3v) is 10.5. The first-order chi connectivity index (χ1) is 33.3. The molecule has 0 aliphatic carbocycles. The summed E-state index contributed by atoms with van der Waals surface area (Å²) in [6, 6.07) is -5.30. The van der Waals surface area contributed by atoms with E-state index in [4.69, 9.17) is 15.3 Å². The molecule has 27 heteroatoms. The van der Waals surface area contributed by atoms with Crippen LogP contribution >= 0.6 is 0 Å². The standard InChI is InChI=1S/C44H61N9O18/c1-21-26-13-12-25(45)16-32(26)71-44(70)27(21)17-34(56)47-14-8-5-6-11-33(55)46-15-9-7-10-28(50-24(4)54)39(63)49-22(2)38(62)51-29(19-36(58)59)40(64)52-30(20-37(60)61)41(65)53-31(43(68)69)18-35(57)48-23(3)42(66)67/h12-13,16,22-23,28-31H,5-11,14-15,17-20,45H2,1-4H3,(H,46,55)(H,47,56)(H,48,57)(H,49,63)(H,50,54)(H,51,62)(H,52,64)(H,53,65)(H,58,59)(H,60,61)(H,66,67)(H,68,69)/t22-,23-,28-,29-,30-,31-/m0/s1. The third kappa shape index (κ3) is 21.4. The Morgan fingerprint density at radius 1 is 0.592 bits per heavy atom. The first-order valence-electron chi connectivity index (χ1n) is 22.3. The summed E-state index contributed by atoms with van der Waals surface area (Å²) < 4.78 is 5.34. The van der Waals surface area contributed by atoms with E-state index < -0.39 is 120 Å². The fourth-order valence-electron chi connectivity index (χ4n) is 6.69. The van der Waals surface area contributed by atoms with Crippen LogP contribution in [-0.2, 0) is 64.0 Å². The molecule has 0 spiro atoms. The molecule has 1 heterocycles. The highest BCUT2D eigenvalue weighted by Crippen LogP contribution is 2.22. The molecular weight excluding hydrogens is 943 g/mol. The zero-order valence-electron chi connectivity index (χ0n) is 39.5. The van der Waals surface area contributed by atoms with Gasteiger partial charge in [-0.3, -0.25) is 52.7 Å². The lowest BCUT2D eigenvalue weighted by molar-refractivity contribution is -0.146. The zero-order valence-corrected chi connectivity index (χ0v) is 39.5. The summed E-state index contributed by atoms with van der Waals surface area (Å²) in [4.78, 5) is 160. The zero-order chi connectivity index (χ0) is 53.5. The number of hydrogen-bond donors (Lipinski definition) is 13. The van der Waals surface area contributed by atoms with Crippen molar-refractivity contribution < 1.29 is 82.4 Å². The van der Waals surface area contributed by atoms with E-state index in [2.05, 4.69) is 26.6 Å². The minimum atomic E-state index is -2.09. The van der Waals surface area contributed by atoms with Crippen molar-refractivity contribution in [2.75, 3.05) is 18.8 Å². The van der Waals surface area contributed by atoms with E-state index in [9.17, 15) is 77.6 Å². The van der Waals surface area contributed by atoms with Crippen LogP contribution in [0.2, 0.25) is 0 Å². The second-order valence-electron chi connectivity index (χ2n) is 16.5. The number of carbonyl (C=O) groups is 12. The molecule has 6 atom stereocenters. The first-order valence-corrected chi connectivity index (χ1v) is 22.3. The molecule has 0 aliphatic heterocycles. The maximum Gasteiger partial charge on any atom is 0.340 e. The number of fused-ring (bicyclic) bond motifs is 1. The molecule has 71 heavy (non-hydrogen) atoms. The summed E-state index contributed by atoms with van der Waals surface area (Å²) in [5.41, 5.74) is 6.79. The molecule has 2 rings (SSSR count). The minimum absolute atomic E-state index is 0.0493. The summed E-state index contributed by atoms with van der Waals surface area (Å²) >= 11 is 0. The average molecular weight is 1000 g/mol. The maximum absolute atomic E-state index is 13.2. The number of benzene rings is 1. The summed E-state index contributed by atoms with van der Waals surface area (Å²) in [5.74, 6) is -13.8. The van der Waals surface area contributed by atoms with Gasteiger partial charge in [0.2, 0.25) is 47.3 Å². The quantitative estimate of drug-likeness (QED) is 0.0214. The Labute approximate surface area is 405 Å². The van der Waals surface area contributed by atoms with Gasteiger partial charge in [-0.2, -0.15) is 0 Å². The van der Waals surface area contributed by atoms with Crippen LogP contribution in [0.5, 0.6) is 0 Å². The Bertz CT molecular complexity index is 2390. The molecule has 0 radical (unpaired) electrons. The Morgan fingerprint density at radius 3 is 1.70 bits per heavy atom. The fourth-order valence-corrected chi connectivity index (χ4v) is 6.69. The monoisotopic (exact) mass is 1000 g/mol. The predicted octanol–water partition coefficient (Wildman–Crippen LogP) is -2.33. The number of hydrogen-bond acceptors (Lipinski definition) is 15. The van der Waals surface area contributed by atoms with Gasteiger partial charge in [0.05, 0.1) is 31.2 Å². The molecule has 390 valence electrons. The van der Waals surface area contributed by atoms with Crippen LogP contribution < -0.4 is 53.9 Å². The number of carbonyl (C=O) groups excluding carboxylic acids is 8. The van der Waals surface area contributed by atoms with E-state index in [1.165, 1.54) is 0 Å². The van der Waals surface area contributed by atoms with Gasteiger partial charge in [0, 0.05) is 43.6 Å². The number of amides is 8. The van der Waals surface area contributed by atoms with Crippen LogP contribution in [0.25, 0.3) is 11.0 Å². The molecule has 0 saturated carbocycles. The fraction of sp³-hybridized carbons (Fsp3) is 0.523. The van der Waals surface area contributed by atoms with Crippen molar-refractivity contribution in [2.24, 2.45) is 0 Å². The number of anilines is 1. The number of nitrogens with two attached hydrogens (primary N) is 1. The number of carboxylic acid groups (broad SMARTS) is 4. The molecule has 8 amide bonds. The van der Waals surface area contributed by atoms with Crippen LogP contribution in [0.3, 0.4) is 0 Å². The van der Waals surface area contributed by atoms with Crippen LogP contribution in [-0.4, -0.2) is 141 Å². The number of nitrogen functional groups attached to an aromatic ring is 1. The number of unbranched alkanes of at least 4 members (excludes halogenated alkanes) is 3.